The molecule has 0 spiro atoms. The lowest BCUT2D eigenvalue weighted by Crippen LogP contribution is -2.09. The molecule has 0 bridgehead atoms. The van der Waals surface area contributed by atoms with Crippen LogP contribution in [-0.2, 0) is 9.09 Å². The minimum absolute atomic E-state index is 0.273. The van der Waals surface area contributed by atoms with E-state index in [1.54, 1.807) is 0 Å². The maximum Gasteiger partial charge on any atom is 0.471 e. The van der Waals surface area contributed by atoms with Crippen molar-refractivity contribution in [1.29, 1.82) is 0 Å². The molecule has 6 heteroatoms. The van der Waals surface area contributed by atoms with Crippen molar-refractivity contribution < 1.29 is 24.0 Å². The molecule has 0 aliphatic rings. The number of aliphatic hydroxyl groups is 1. The van der Waals surface area contributed by atoms with Crippen LogP contribution in [0.5, 0.6) is 0 Å². The molecule has 0 saturated heterocycles. The van der Waals surface area contributed by atoms with E-state index in [4.69, 9.17) is 14.9 Å². The van der Waals surface area contributed by atoms with Crippen LogP contribution >= 0.6 is 7.82 Å². The zero-order valence-electron chi connectivity index (χ0n) is 8.43. The maximum atomic E-state index is 10.3. The smallest absolute Gasteiger partial charge is 0.367 e. The van der Waals surface area contributed by atoms with E-state index in [1.807, 2.05) is 0 Å². The summed E-state index contributed by atoms with van der Waals surface area (Å²) in [6.07, 6.45) is 3.97. The van der Waals surface area contributed by atoms with E-state index in [1.165, 1.54) is 0 Å². The van der Waals surface area contributed by atoms with Crippen LogP contribution in [0.2, 0.25) is 0 Å². The van der Waals surface area contributed by atoms with Gasteiger partial charge in [-0.25, -0.2) is 4.57 Å². The van der Waals surface area contributed by atoms with Crippen molar-refractivity contribution in [2.24, 2.45) is 0 Å². The summed E-state index contributed by atoms with van der Waals surface area (Å²) in [5.74, 6) is 0. The van der Waals surface area contributed by atoms with Gasteiger partial charge in [0.15, 0.2) is 6.29 Å². The first-order chi connectivity index (χ1) is 6.45. The van der Waals surface area contributed by atoms with Gasteiger partial charge >= 0.3 is 7.82 Å². The summed E-state index contributed by atoms with van der Waals surface area (Å²) in [7, 11) is -4.53. The molecule has 0 aliphatic heterocycles. The van der Waals surface area contributed by atoms with Gasteiger partial charge in [-0.1, -0.05) is 32.6 Å². The number of aliphatic hydroxyl groups excluding tert-OH is 1. The Labute approximate surface area is 84.3 Å². The highest BCUT2D eigenvalue weighted by Crippen LogP contribution is 2.37. The van der Waals surface area contributed by atoms with Crippen LogP contribution in [0.3, 0.4) is 0 Å². The van der Waals surface area contributed by atoms with E-state index in [2.05, 4.69) is 11.4 Å². The Kier molecular flexibility index (Phi) is 7.41. The molecule has 0 aliphatic carbocycles. The van der Waals surface area contributed by atoms with E-state index < -0.39 is 14.1 Å². The minimum atomic E-state index is -4.53. The van der Waals surface area contributed by atoms with Crippen molar-refractivity contribution in [1.82, 2.24) is 0 Å². The third-order valence-electron chi connectivity index (χ3n) is 1.81. The normalized spacial score (nSPS) is 14.3. The second-order valence-corrected chi connectivity index (χ2v) is 4.45. The van der Waals surface area contributed by atoms with Crippen LogP contribution in [0.15, 0.2) is 0 Å². The summed E-state index contributed by atoms with van der Waals surface area (Å²) in [6, 6.07) is 0. The maximum absolute atomic E-state index is 10.3. The van der Waals surface area contributed by atoms with Crippen LogP contribution < -0.4 is 0 Å². The average molecular weight is 226 g/mol. The first-order valence-electron chi connectivity index (χ1n) is 4.87. The fourth-order valence-corrected chi connectivity index (χ4v) is 1.56. The van der Waals surface area contributed by atoms with E-state index in [9.17, 15) is 4.57 Å². The van der Waals surface area contributed by atoms with Crippen LogP contribution in [0.25, 0.3) is 0 Å². The standard InChI is InChI=1S/C8H19O5P/c1-2-3-4-5-6-7-8(9)13-14(10,11)12/h8-9H,2-7H2,1H3,(H2,10,11,12). The van der Waals surface area contributed by atoms with Gasteiger partial charge in [-0.3, -0.25) is 4.52 Å². The average Bonchev–Trinajstić information content (AvgIpc) is 2.00. The van der Waals surface area contributed by atoms with Crippen LogP contribution in [0, 0.1) is 0 Å². The molecule has 1 unspecified atom stereocenters. The predicted molar refractivity (Wildman–Crippen MR) is 52.5 cm³/mol. The second kappa shape index (κ2) is 7.37. The quantitative estimate of drug-likeness (QED) is 0.333. The highest BCUT2D eigenvalue weighted by atomic mass is 31.2. The molecule has 0 amide bonds. The molecule has 1 atom stereocenters. The first kappa shape index (κ1) is 14.1. The largest absolute Gasteiger partial charge is 0.471 e. The van der Waals surface area contributed by atoms with E-state index in [-0.39, 0.29) is 6.42 Å². The molecule has 0 fully saturated rings. The van der Waals surface area contributed by atoms with E-state index in [0.717, 1.165) is 32.1 Å². The number of rotatable bonds is 8. The lowest BCUT2D eigenvalue weighted by molar-refractivity contribution is -0.0426. The van der Waals surface area contributed by atoms with Gasteiger partial charge < -0.3 is 14.9 Å². The van der Waals surface area contributed by atoms with Gasteiger partial charge in [0.2, 0.25) is 0 Å². The molecule has 0 radical (unpaired) electrons. The van der Waals surface area contributed by atoms with Gasteiger partial charge in [0.25, 0.3) is 0 Å². The molecule has 0 aromatic heterocycles. The summed E-state index contributed by atoms with van der Waals surface area (Å²) in [4.78, 5) is 16.7. The molecule has 0 aromatic carbocycles. The van der Waals surface area contributed by atoms with Crippen LogP contribution in [-0.4, -0.2) is 21.2 Å². The van der Waals surface area contributed by atoms with Crippen molar-refractivity contribution in [2.45, 2.75) is 51.7 Å². The highest BCUT2D eigenvalue weighted by molar-refractivity contribution is 7.46. The summed E-state index contributed by atoms with van der Waals surface area (Å²) >= 11 is 0. The van der Waals surface area contributed by atoms with Gasteiger partial charge in [0.05, 0.1) is 0 Å². The Balaban J connectivity index is 3.36. The van der Waals surface area contributed by atoms with Crippen molar-refractivity contribution in [2.75, 3.05) is 0 Å². The molecule has 0 saturated carbocycles. The van der Waals surface area contributed by atoms with Gasteiger partial charge in [-0.15, -0.1) is 0 Å². The van der Waals surface area contributed by atoms with Crippen molar-refractivity contribution in [3.63, 3.8) is 0 Å². The third-order valence-corrected chi connectivity index (χ3v) is 2.33. The zero-order chi connectivity index (χ0) is 11.0. The number of phosphoric acid groups is 1. The Bertz CT molecular complexity index is 179. The predicted octanol–water partition coefficient (Wildman–Crippen LogP) is 1.77. The third kappa shape index (κ3) is 10.2. The minimum Gasteiger partial charge on any atom is -0.367 e. The molecule has 0 heterocycles. The lowest BCUT2D eigenvalue weighted by atomic mass is 10.1. The SMILES string of the molecule is CCCCCCCC(O)OP(=O)(O)O. The molecular formula is C8H19O5P. The topological polar surface area (TPSA) is 87.0 Å². The Morgan fingerprint density at radius 2 is 1.79 bits per heavy atom. The fraction of sp³-hybridized carbons (Fsp3) is 1.00. The summed E-state index contributed by atoms with van der Waals surface area (Å²) in [5.41, 5.74) is 0. The molecule has 14 heavy (non-hydrogen) atoms. The zero-order valence-corrected chi connectivity index (χ0v) is 9.32. The summed E-state index contributed by atoms with van der Waals surface area (Å²) < 4.78 is 14.4. The van der Waals surface area contributed by atoms with E-state index >= 15 is 0 Å². The van der Waals surface area contributed by atoms with Gasteiger partial charge in [0.1, 0.15) is 0 Å². The molecule has 0 aromatic rings. The lowest BCUT2D eigenvalue weighted by Gasteiger charge is -2.11. The highest BCUT2D eigenvalue weighted by Gasteiger charge is 2.19. The Morgan fingerprint density at radius 1 is 1.21 bits per heavy atom. The van der Waals surface area contributed by atoms with Gasteiger partial charge in [0, 0.05) is 0 Å². The van der Waals surface area contributed by atoms with E-state index in [0.29, 0.717) is 0 Å². The number of hydrogen-bond acceptors (Lipinski definition) is 3. The summed E-state index contributed by atoms with van der Waals surface area (Å²) in [5, 5.41) is 9.03. The van der Waals surface area contributed by atoms with Gasteiger partial charge in [-0.05, 0) is 12.8 Å². The number of phosphoric ester groups is 1. The Hall–Kier alpha value is 0.0700. The van der Waals surface area contributed by atoms with Crippen molar-refractivity contribution in [3.05, 3.63) is 0 Å². The summed E-state index contributed by atoms with van der Waals surface area (Å²) in [6.45, 7) is 2.10. The van der Waals surface area contributed by atoms with Crippen LogP contribution in [0.1, 0.15) is 45.4 Å². The molecule has 86 valence electrons. The molecule has 3 N–H and O–H groups in total. The molecular weight excluding hydrogens is 207 g/mol. The first-order valence-corrected chi connectivity index (χ1v) is 6.40. The number of hydrogen-bond donors (Lipinski definition) is 3. The second-order valence-electron chi connectivity index (χ2n) is 3.25. The van der Waals surface area contributed by atoms with Gasteiger partial charge in [-0.2, -0.15) is 0 Å². The van der Waals surface area contributed by atoms with Crippen molar-refractivity contribution in [3.8, 4) is 0 Å². The fourth-order valence-electron chi connectivity index (χ4n) is 1.13. The Morgan fingerprint density at radius 3 is 2.29 bits per heavy atom. The van der Waals surface area contributed by atoms with Crippen LogP contribution in [0.4, 0.5) is 0 Å². The molecule has 0 rings (SSSR count). The van der Waals surface area contributed by atoms with Crippen molar-refractivity contribution >= 4 is 7.82 Å². The number of unbranched alkanes of at least 4 members (excludes halogenated alkanes) is 4. The monoisotopic (exact) mass is 226 g/mol. The molecule has 5 nitrogen and oxygen atoms in total.